The van der Waals surface area contributed by atoms with Crippen molar-refractivity contribution < 1.29 is 19.1 Å². The van der Waals surface area contributed by atoms with Gasteiger partial charge >= 0.3 is 0 Å². The summed E-state index contributed by atoms with van der Waals surface area (Å²) >= 11 is 0. The molecule has 0 aliphatic heterocycles. The second-order valence-corrected chi connectivity index (χ2v) is 5.36. The standard InChI is InChI=1S/C19H22N2O4/c1-14(22)21-13-15-7-9-16(10-8-15)19(23)20-11-12-25-18-6-4-3-5-17(18)24-2/h3-10H,11-13H2,1-2H3,(H,20,23)(H,21,22). The molecule has 2 amide bonds. The maximum Gasteiger partial charge on any atom is 0.251 e. The van der Waals surface area contributed by atoms with Crippen LogP contribution in [0.5, 0.6) is 11.5 Å². The van der Waals surface area contributed by atoms with Crippen LogP contribution in [-0.4, -0.2) is 32.1 Å². The van der Waals surface area contributed by atoms with E-state index in [9.17, 15) is 9.59 Å². The molecule has 2 aromatic carbocycles. The summed E-state index contributed by atoms with van der Waals surface area (Å²) in [6.45, 7) is 2.64. The number of hydrogen-bond acceptors (Lipinski definition) is 4. The summed E-state index contributed by atoms with van der Waals surface area (Å²) in [5.41, 5.74) is 1.50. The van der Waals surface area contributed by atoms with Crippen LogP contribution in [0.1, 0.15) is 22.8 Å². The smallest absolute Gasteiger partial charge is 0.251 e. The van der Waals surface area contributed by atoms with Gasteiger partial charge in [-0.05, 0) is 29.8 Å². The van der Waals surface area contributed by atoms with Crippen LogP contribution in [0.3, 0.4) is 0 Å². The summed E-state index contributed by atoms with van der Waals surface area (Å²) in [6.07, 6.45) is 0. The second-order valence-electron chi connectivity index (χ2n) is 5.36. The lowest BCUT2D eigenvalue weighted by Gasteiger charge is -2.11. The number of rotatable bonds is 8. The van der Waals surface area contributed by atoms with Gasteiger partial charge in [0.25, 0.3) is 5.91 Å². The Morgan fingerprint density at radius 1 is 0.960 bits per heavy atom. The number of hydrogen-bond donors (Lipinski definition) is 2. The molecular weight excluding hydrogens is 320 g/mol. The van der Waals surface area contributed by atoms with Gasteiger partial charge in [-0.1, -0.05) is 24.3 Å². The van der Waals surface area contributed by atoms with E-state index in [0.717, 1.165) is 5.56 Å². The molecule has 0 atom stereocenters. The number of nitrogens with one attached hydrogen (secondary N) is 2. The van der Waals surface area contributed by atoms with Crippen LogP contribution in [0.4, 0.5) is 0 Å². The summed E-state index contributed by atoms with van der Waals surface area (Å²) in [5.74, 6) is 1.04. The van der Waals surface area contributed by atoms with Crippen molar-refractivity contribution in [2.45, 2.75) is 13.5 Å². The molecule has 2 aromatic rings. The second kappa shape index (κ2) is 9.32. The molecule has 0 fully saturated rings. The molecule has 0 heterocycles. The quantitative estimate of drug-likeness (QED) is 0.721. The fourth-order valence-electron chi connectivity index (χ4n) is 2.17. The first-order valence-corrected chi connectivity index (χ1v) is 7.97. The van der Waals surface area contributed by atoms with Crippen LogP contribution >= 0.6 is 0 Å². The zero-order valence-corrected chi connectivity index (χ0v) is 14.4. The van der Waals surface area contributed by atoms with E-state index in [0.29, 0.717) is 36.8 Å². The number of benzene rings is 2. The predicted octanol–water partition coefficient (Wildman–Crippen LogP) is 2.14. The third-order valence-corrected chi connectivity index (χ3v) is 3.47. The highest BCUT2D eigenvalue weighted by Gasteiger charge is 2.06. The third kappa shape index (κ3) is 5.84. The van der Waals surface area contributed by atoms with Gasteiger partial charge in [0.2, 0.25) is 5.91 Å². The first kappa shape index (κ1) is 18.3. The molecule has 2 N–H and O–H groups in total. The molecular formula is C19H22N2O4. The van der Waals surface area contributed by atoms with Gasteiger partial charge in [-0.15, -0.1) is 0 Å². The first-order valence-electron chi connectivity index (χ1n) is 7.97. The Balaban J connectivity index is 1.77. The van der Waals surface area contributed by atoms with Gasteiger partial charge in [0.1, 0.15) is 6.61 Å². The fourth-order valence-corrected chi connectivity index (χ4v) is 2.17. The van der Waals surface area contributed by atoms with E-state index < -0.39 is 0 Å². The van der Waals surface area contributed by atoms with Gasteiger partial charge in [-0.3, -0.25) is 9.59 Å². The summed E-state index contributed by atoms with van der Waals surface area (Å²) in [7, 11) is 1.58. The zero-order valence-electron chi connectivity index (χ0n) is 14.4. The van der Waals surface area contributed by atoms with Crippen molar-refractivity contribution in [3.63, 3.8) is 0 Å². The van der Waals surface area contributed by atoms with Crippen molar-refractivity contribution in [3.8, 4) is 11.5 Å². The lowest BCUT2D eigenvalue weighted by molar-refractivity contribution is -0.119. The largest absolute Gasteiger partial charge is 0.493 e. The van der Waals surface area contributed by atoms with E-state index in [1.54, 1.807) is 19.2 Å². The van der Waals surface area contributed by atoms with Crippen LogP contribution in [0.15, 0.2) is 48.5 Å². The normalized spacial score (nSPS) is 10.0. The Bertz CT molecular complexity index is 714. The molecule has 0 saturated heterocycles. The van der Waals surface area contributed by atoms with Crippen LogP contribution in [0, 0.1) is 0 Å². The number of carbonyl (C=O) groups is 2. The minimum Gasteiger partial charge on any atom is -0.493 e. The van der Waals surface area contributed by atoms with Gasteiger partial charge in [-0.25, -0.2) is 0 Å². The van der Waals surface area contributed by atoms with E-state index in [1.165, 1.54) is 6.92 Å². The van der Waals surface area contributed by atoms with Crippen molar-refractivity contribution in [3.05, 3.63) is 59.7 Å². The topological polar surface area (TPSA) is 76.7 Å². The molecule has 6 nitrogen and oxygen atoms in total. The van der Waals surface area contributed by atoms with Crippen molar-refractivity contribution in [1.29, 1.82) is 0 Å². The average Bonchev–Trinajstić information content (AvgIpc) is 2.64. The van der Waals surface area contributed by atoms with Gasteiger partial charge in [0, 0.05) is 19.0 Å². The Morgan fingerprint density at radius 2 is 1.64 bits per heavy atom. The minimum absolute atomic E-state index is 0.0862. The van der Waals surface area contributed by atoms with Crippen LogP contribution in [0.2, 0.25) is 0 Å². The molecule has 0 unspecified atom stereocenters. The molecule has 0 spiro atoms. The van der Waals surface area contributed by atoms with E-state index >= 15 is 0 Å². The SMILES string of the molecule is COc1ccccc1OCCNC(=O)c1ccc(CNC(C)=O)cc1. The molecule has 2 rings (SSSR count). The molecule has 0 radical (unpaired) electrons. The molecule has 25 heavy (non-hydrogen) atoms. The van der Waals surface area contributed by atoms with Gasteiger partial charge in [-0.2, -0.15) is 0 Å². The number of carbonyl (C=O) groups excluding carboxylic acids is 2. The van der Waals surface area contributed by atoms with Gasteiger partial charge in [0.15, 0.2) is 11.5 Å². The van der Waals surface area contributed by atoms with Gasteiger partial charge in [0.05, 0.1) is 13.7 Å². The van der Waals surface area contributed by atoms with Crippen molar-refractivity contribution in [1.82, 2.24) is 10.6 Å². The minimum atomic E-state index is -0.172. The highest BCUT2D eigenvalue weighted by molar-refractivity contribution is 5.94. The summed E-state index contributed by atoms with van der Waals surface area (Å²) in [5, 5.41) is 5.51. The van der Waals surface area contributed by atoms with E-state index in [4.69, 9.17) is 9.47 Å². The van der Waals surface area contributed by atoms with Crippen molar-refractivity contribution in [2.24, 2.45) is 0 Å². The zero-order chi connectivity index (χ0) is 18.1. The monoisotopic (exact) mass is 342 g/mol. The third-order valence-electron chi connectivity index (χ3n) is 3.47. The van der Waals surface area contributed by atoms with Gasteiger partial charge < -0.3 is 20.1 Å². The lowest BCUT2D eigenvalue weighted by Crippen LogP contribution is -2.28. The fraction of sp³-hybridized carbons (Fsp3) is 0.263. The Morgan fingerprint density at radius 3 is 2.28 bits per heavy atom. The number of amides is 2. The molecule has 0 bridgehead atoms. The summed E-state index contributed by atoms with van der Waals surface area (Å²) in [6, 6.07) is 14.4. The summed E-state index contributed by atoms with van der Waals surface area (Å²) in [4.78, 5) is 23.0. The Labute approximate surface area is 147 Å². The first-order chi connectivity index (χ1) is 12.1. The van der Waals surface area contributed by atoms with E-state index in [-0.39, 0.29) is 11.8 Å². The molecule has 6 heteroatoms. The maximum absolute atomic E-state index is 12.1. The molecule has 132 valence electrons. The predicted molar refractivity (Wildman–Crippen MR) is 94.8 cm³/mol. The van der Waals surface area contributed by atoms with E-state index in [1.807, 2.05) is 36.4 Å². The maximum atomic E-state index is 12.1. The number of methoxy groups -OCH3 is 1. The average molecular weight is 342 g/mol. The highest BCUT2D eigenvalue weighted by Crippen LogP contribution is 2.25. The molecule has 0 aliphatic carbocycles. The summed E-state index contributed by atoms with van der Waals surface area (Å²) < 4.78 is 10.8. The molecule has 0 saturated carbocycles. The Hall–Kier alpha value is -3.02. The van der Waals surface area contributed by atoms with Crippen molar-refractivity contribution >= 4 is 11.8 Å². The molecule has 0 aromatic heterocycles. The van der Waals surface area contributed by atoms with E-state index in [2.05, 4.69) is 10.6 Å². The number of ether oxygens (including phenoxy) is 2. The lowest BCUT2D eigenvalue weighted by atomic mass is 10.1. The van der Waals surface area contributed by atoms with Crippen molar-refractivity contribution in [2.75, 3.05) is 20.3 Å². The highest BCUT2D eigenvalue weighted by atomic mass is 16.5. The Kier molecular flexibility index (Phi) is 6.83. The van der Waals surface area contributed by atoms with Crippen LogP contribution < -0.4 is 20.1 Å². The molecule has 0 aliphatic rings. The van der Waals surface area contributed by atoms with Crippen LogP contribution in [-0.2, 0) is 11.3 Å². The number of para-hydroxylation sites is 2. The van der Waals surface area contributed by atoms with Crippen LogP contribution in [0.25, 0.3) is 0 Å².